The molecule has 0 spiro atoms. The van der Waals surface area contributed by atoms with Crippen LogP contribution in [0.25, 0.3) is 10.2 Å². The van der Waals surface area contributed by atoms with Gasteiger partial charge in [-0.15, -0.1) is 0 Å². The van der Waals surface area contributed by atoms with Crippen molar-refractivity contribution in [3.8, 4) is 0 Å². The standard InChI is InChI=1S/C17H16ClFN2S/c1-17(2,11-3-6-13(19)7-4-11)10-20-16-21-14-8-5-12(18)9-15(14)22-16/h3-9H,10H2,1-2H3,(H,20,21). The topological polar surface area (TPSA) is 24.9 Å². The van der Waals surface area contributed by atoms with Gasteiger partial charge in [0.25, 0.3) is 0 Å². The number of rotatable bonds is 4. The average Bonchev–Trinajstić information content (AvgIpc) is 2.88. The summed E-state index contributed by atoms with van der Waals surface area (Å²) in [5.74, 6) is -0.212. The third-order valence-corrected chi connectivity index (χ3v) is 4.87. The molecule has 3 rings (SSSR count). The summed E-state index contributed by atoms with van der Waals surface area (Å²) in [6.07, 6.45) is 0. The van der Waals surface area contributed by atoms with Crippen LogP contribution in [0.15, 0.2) is 42.5 Å². The first kappa shape index (κ1) is 15.3. The number of aromatic nitrogens is 1. The molecule has 0 amide bonds. The molecule has 1 aromatic heterocycles. The van der Waals surface area contributed by atoms with Gasteiger partial charge in [-0.05, 0) is 35.9 Å². The maximum Gasteiger partial charge on any atom is 0.183 e. The van der Waals surface area contributed by atoms with Crippen LogP contribution < -0.4 is 5.32 Å². The molecule has 0 atom stereocenters. The second kappa shape index (κ2) is 5.86. The number of benzene rings is 2. The van der Waals surface area contributed by atoms with E-state index in [0.717, 1.165) is 20.9 Å². The van der Waals surface area contributed by atoms with Gasteiger partial charge >= 0.3 is 0 Å². The summed E-state index contributed by atoms with van der Waals surface area (Å²) in [7, 11) is 0. The Morgan fingerprint density at radius 1 is 1.18 bits per heavy atom. The van der Waals surface area contributed by atoms with E-state index in [-0.39, 0.29) is 11.2 Å². The quantitative estimate of drug-likeness (QED) is 0.683. The van der Waals surface area contributed by atoms with Crippen molar-refractivity contribution >= 4 is 38.3 Å². The molecule has 2 aromatic carbocycles. The van der Waals surface area contributed by atoms with Gasteiger partial charge in [0, 0.05) is 17.0 Å². The Bertz CT molecular complexity index is 796. The predicted octanol–water partition coefficient (Wildman–Crippen LogP) is 5.48. The van der Waals surface area contributed by atoms with E-state index in [4.69, 9.17) is 11.6 Å². The molecule has 0 aliphatic rings. The molecule has 0 bridgehead atoms. The highest BCUT2D eigenvalue weighted by Crippen LogP contribution is 2.30. The van der Waals surface area contributed by atoms with Crippen molar-refractivity contribution in [2.75, 3.05) is 11.9 Å². The molecule has 0 unspecified atom stereocenters. The summed E-state index contributed by atoms with van der Waals surface area (Å²) >= 11 is 7.58. The Morgan fingerprint density at radius 3 is 2.64 bits per heavy atom. The summed E-state index contributed by atoms with van der Waals surface area (Å²) in [4.78, 5) is 4.55. The summed E-state index contributed by atoms with van der Waals surface area (Å²) in [5, 5.41) is 4.96. The van der Waals surface area contributed by atoms with Crippen LogP contribution in [0, 0.1) is 5.82 Å². The molecule has 1 heterocycles. The van der Waals surface area contributed by atoms with E-state index < -0.39 is 0 Å². The fourth-order valence-electron chi connectivity index (χ4n) is 2.27. The van der Waals surface area contributed by atoms with Crippen LogP contribution in [0.3, 0.4) is 0 Å². The zero-order chi connectivity index (χ0) is 15.7. The molecule has 2 nitrogen and oxygen atoms in total. The van der Waals surface area contributed by atoms with Crippen molar-refractivity contribution in [2.45, 2.75) is 19.3 Å². The molecule has 0 saturated carbocycles. The van der Waals surface area contributed by atoms with E-state index in [2.05, 4.69) is 24.1 Å². The number of anilines is 1. The Kier molecular flexibility index (Phi) is 4.06. The molecule has 22 heavy (non-hydrogen) atoms. The van der Waals surface area contributed by atoms with Gasteiger partial charge in [-0.3, -0.25) is 0 Å². The zero-order valence-corrected chi connectivity index (χ0v) is 13.9. The van der Waals surface area contributed by atoms with Crippen LogP contribution in [-0.4, -0.2) is 11.5 Å². The first-order chi connectivity index (χ1) is 10.4. The van der Waals surface area contributed by atoms with Crippen molar-refractivity contribution in [3.05, 3.63) is 58.9 Å². The van der Waals surface area contributed by atoms with Crippen molar-refractivity contribution in [3.63, 3.8) is 0 Å². The van der Waals surface area contributed by atoms with E-state index in [0.29, 0.717) is 11.6 Å². The lowest BCUT2D eigenvalue weighted by molar-refractivity contribution is 0.553. The summed E-state index contributed by atoms with van der Waals surface area (Å²) < 4.78 is 14.1. The average molecular weight is 335 g/mol. The van der Waals surface area contributed by atoms with E-state index >= 15 is 0 Å². The van der Waals surface area contributed by atoms with Gasteiger partial charge in [-0.25, -0.2) is 9.37 Å². The van der Waals surface area contributed by atoms with Gasteiger partial charge in [-0.2, -0.15) is 0 Å². The molecule has 0 radical (unpaired) electrons. The lowest BCUT2D eigenvalue weighted by atomic mass is 9.85. The highest BCUT2D eigenvalue weighted by Gasteiger charge is 2.21. The minimum absolute atomic E-state index is 0.122. The molecule has 0 fully saturated rings. The summed E-state index contributed by atoms with van der Waals surface area (Å²) in [6.45, 7) is 4.96. The van der Waals surface area contributed by atoms with Crippen LogP contribution in [0.2, 0.25) is 5.02 Å². The van der Waals surface area contributed by atoms with E-state index in [1.54, 1.807) is 11.3 Å². The van der Waals surface area contributed by atoms with Crippen LogP contribution in [0.4, 0.5) is 9.52 Å². The third-order valence-electron chi connectivity index (χ3n) is 3.66. The number of fused-ring (bicyclic) bond motifs is 1. The normalized spacial score (nSPS) is 11.8. The van der Waals surface area contributed by atoms with Crippen molar-refractivity contribution in [2.24, 2.45) is 0 Å². The van der Waals surface area contributed by atoms with Crippen LogP contribution in [-0.2, 0) is 5.41 Å². The molecular formula is C17H16ClFN2S. The maximum absolute atomic E-state index is 13.0. The van der Waals surface area contributed by atoms with Crippen LogP contribution >= 0.6 is 22.9 Å². The van der Waals surface area contributed by atoms with Crippen molar-refractivity contribution < 1.29 is 4.39 Å². The molecule has 0 saturated heterocycles. The largest absolute Gasteiger partial charge is 0.361 e. The van der Waals surface area contributed by atoms with Crippen molar-refractivity contribution in [1.82, 2.24) is 4.98 Å². The number of hydrogen-bond acceptors (Lipinski definition) is 3. The van der Waals surface area contributed by atoms with Crippen LogP contribution in [0.5, 0.6) is 0 Å². The highest BCUT2D eigenvalue weighted by atomic mass is 35.5. The van der Waals surface area contributed by atoms with Crippen LogP contribution in [0.1, 0.15) is 19.4 Å². The second-order valence-electron chi connectivity index (χ2n) is 5.88. The first-order valence-electron chi connectivity index (χ1n) is 7.00. The fourth-order valence-corrected chi connectivity index (χ4v) is 3.41. The Hall–Kier alpha value is -1.65. The smallest absolute Gasteiger partial charge is 0.183 e. The van der Waals surface area contributed by atoms with Gasteiger partial charge < -0.3 is 5.32 Å². The summed E-state index contributed by atoms with van der Waals surface area (Å²) in [5.41, 5.74) is 1.91. The second-order valence-corrected chi connectivity index (χ2v) is 7.34. The van der Waals surface area contributed by atoms with Crippen molar-refractivity contribution in [1.29, 1.82) is 0 Å². The monoisotopic (exact) mass is 334 g/mol. The molecule has 0 aliphatic heterocycles. The molecule has 5 heteroatoms. The minimum atomic E-state index is -0.212. The maximum atomic E-state index is 13.0. The lowest BCUT2D eigenvalue weighted by Gasteiger charge is -2.25. The molecule has 114 valence electrons. The minimum Gasteiger partial charge on any atom is -0.361 e. The Labute approximate surface area is 138 Å². The number of nitrogens with zero attached hydrogens (tertiary/aromatic N) is 1. The molecule has 3 aromatic rings. The Morgan fingerprint density at radius 2 is 1.91 bits per heavy atom. The highest BCUT2D eigenvalue weighted by molar-refractivity contribution is 7.22. The summed E-state index contributed by atoms with van der Waals surface area (Å²) in [6, 6.07) is 12.3. The molecular weight excluding hydrogens is 319 g/mol. The first-order valence-corrected chi connectivity index (χ1v) is 8.19. The lowest BCUT2D eigenvalue weighted by Crippen LogP contribution is -2.27. The van der Waals surface area contributed by atoms with Gasteiger partial charge in [0.2, 0.25) is 0 Å². The predicted molar refractivity (Wildman–Crippen MR) is 92.5 cm³/mol. The van der Waals surface area contributed by atoms with Gasteiger partial charge in [0.1, 0.15) is 5.82 Å². The van der Waals surface area contributed by atoms with Gasteiger partial charge in [0.15, 0.2) is 5.13 Å². The number of nitrogens with one attached hydrogen (secondary N) is 1. The zero-order valence-electron chi connectivity index (χ0n) is 12.4. The van der Waals surface area contributed by atoms with Gasteiger partial charge in [0.05, 0.1) is 10.2 Å². The Balaban J connectivity index is 1.76. The van der Waals surface area contributed by atoms with E-state index in [9.17, 15) is 4.39 Å². The van der Waals surface area contributed by atoms with Gasteiger partial charge in [-0.1, -0.05) is 48.9 Å². The van der Waals surface area contributed by atoms with E-state index in [1.807, 2.05) is 30.3 Å². The third kappa shape index (κ3) is 3.23. The van der Waals surface area contributed by atoms with E-state index in [1.165, 1.54) is 12.1 Å². The SMILES string of the molecule is CC(C)(CNc1nc2ccc(Cl)cc2s1)c1ccc(F)cc1. The number of thiazole rings is 1. The fraction of sp³-hybridized carbons (Fsp3) is 0.235. The number of halogens is 2. The number of hydrogen-bond donors (Lipinski definition) is 1. The molecule has 0 aliphatic carbocycles. The molecule has 1 N–H and O–H groups in total.